The van der Waals surface area contributed by atoms with Gasteiger partial charge in [0.2, 0.25) is 5.91 Å². The van der Waals surface area contributed by atoms with E-state index in [-0.39, 0.29) is 34.3 Å². The van der Waals surface area contributed by atoms with Gasteiger partial charge in [-0.05, 0) is 94.6 Å². The first kappa shape index (κ1) is 26.3. The van der Waals surface area contributed by atoms with Crippen LogP contribution >= 0.6 is 11.3 Å². The molecule has 0 unspecified atom stereocenters. The molecule has 1 aromatic heterocycles. The molecule has 1 aromatic rings. The Morgan fingerprint density at radius 2 is 1.78 bits per heavy atom. The molecule has 3 amide bonds. The van der Waals surface area contributed by atoms with Gasteiger partial charge in [-0.2, -0.15) is 0 Å². The zero-order chi connectivity index (χ0) is 26.3. The summed E-state index contributed by atoms with van der Waals surface area (Å²) in [5.74, 6) is -0.258. The van der Waals surface area contributed by atoms with Gasteiger partial charge in [0.15, 0.2) is 0 Å². The van der Waals surface area contributed by atoms with E-state index in [0.29, 0.717) is 18.2 Å². The van der Waals surface area contributed by atoms with Crippen molar-refractivity contribution in [2.45, 2.75) is 95.6 Å². The Bertz CT molecular complexity index is 1080. The summed E-state index contributed by atoms with van der Waals surface area (Å²) in [5.41, 5.74) is 1.62. The van der Waals surface area contributed by atoms with Crippen LogP contribution in [0.15, 0.2) is 12.1 Å². The fourth-order valence-electron chi connectivity index (χ4n) is 7.10. The lowest BCUT2D eigenvalue weighted by Gasteiger charge is -2.45. The van der Waals surface area contributed by atoms with E-state index in [1.54, 1.807) is 4.90 Å². The normalized spacial score (nSPS) is 30.5. The average molecular weight is 528 g/mol. The summed E-state index contributed by atoms with van der Waals surface area (Å²) in [4.78, 5) is 46.1. The lowest BCUT2D eigenvalue weighted by atomic mass is 9.77. The van der Waals surface area contributed by atoms with Gasteiger partial charge in [-0.25, -0.2) is 9.59 Å². The molecule has 37 heavy (non-hydrogen) atoms. The summed E-state index contributed by atoms with van der Waals surface area (Å²) in [6.45, 7) is 2.96. The molecule has 2 saturated carbocycles. The molecule has 0 bridgehead atoms. The predicted molar refractivity (Wildman–Crippen MR) is 147 cm³/mol. The van der Waals surface area contributed by atoms with Crippen molar-refractivity contribution in [3.63, 3.8) is 0 Å². The molecular formula is C29H41N3O4S. The largest absolute Gasteiger partial charge is 0.477 e. The summed E-state index contributed by atoms with van der Waals surface area (Å²) < 4.78 is 0. The van der Waals surface area contributed by atoms with Crippen molar-refractivity contribution in [1.82, 2.24) is 9.80 Å². The van der Waals surface area contributed by atoms with E-state index in [2.05, 4.69) is 13.0 Å². The van der Waals surface area contributed by atoms with Crippen LogP contribution in [0.2, 0.25) is 0 Å². The van der Waals surface area contributed by atoms with Gasteiger partial charge >= 0.3 is 12.0 Å². The minimum atomic E-state index is -0.951. The third-order valence-corrected chi connectivity index (χ3v) is 10.7. The van der Waals surface area contributed by atoms with Crippen LogP contribution in [0.4, 0.5) is 10.5 Å². The van der Waals surface area contributed by atoms with E-state index in [1.165, 1.54) is 23.3 Å². The zero-order valence-electron chi connectivity index (χ0n) is 22.5. The Morgan fingerprint density at radius 3 is 2.35 bits per heavy atom. The maximum atomic E-state index is 14.2. The number of amides is 3. The Balaban J connectivity index is 1.47. The first-order valence-corrected chi connectivity index (χ1v) is 14.9. The van der Waals surface area contributed by atoms with E-state index < -0.39 is 5.97 Å². The molecule has 0 aromatic carbocycles. The fraction of sp³-hybridized carbons (Fsp3) is 0.690. The van der Waals surface area contributed by atoms with Crippen molar-refractivity contribution in [2.24, 2.45) is 11.8 Å². The second kappa shape index (κ2) is 10.4. The summed E-state index contributed by atoms with van der Waals surface area (Å²) in [6, 6.07) is 2.00. The maximum absolute atomic E-state index is 14.2. The number of hydrogen-bond donors (Lipinski definition) is 1. The smallest absolute Gasteiger partial charge is 0.348 e. The Hall–Kier alpha value is -2.35. The summed E-state index contributed by atoms with van der Waals surface area (Å²) >= 11 is 1.33. The maximum Gasteiger partial charge on any atom is 0.348 e. The van der Waals surface area contributed by atoms with E-state index in [4.69, 9.17) is 0 Å². The highest BCUT2D eigenvalue weighted by Crippen LogP contribution is 2.45. The number of likely N-dealkylation sites (N-methyl/N-ethyl adjacent to an activating group) is 2. The number of thiophene rings is 1. The van der Waals surface area contributed by atoms with Gasteiger partial charge in [-0.15, -0.1) is 11.3 Å². The number of carboxylic acid groups (broad SMARTS) is 1. The number of carbonyl (C=O) groups is 3. The lowest BCUT2D eigenvalue weighted by Crippen LogP contribution is -2.53. The molecule has 2 heterocycles. The highest BCUT2D eigenvalue weighted by atomic mass is 32.1. The highest BCUT2D eigenvalue weighted by Gasteiger charge is 2.49. The minimum Gasteiger partial charge on any atom is -0.477 e. The molecule has 7 nitrogen and oxygen atoms in total. The van der Waals surface area contributed by atoms with Crippen LogP contribution in [-0.2, 0) is 4.79 Å². The molecular weight excluding hydrogens is 486 g/mol. The van der Waals surface area contributed by atoms with Gasteiger partial charge in [0, 0.05) is 37.5 Å². The van der Waals surface area contributed by atoms with E-state index in [9.17, 15) is 19.5 Å². The first-order chi connectivity index (χ1) is 17.7. The average Bonchev–Trinajstić information content (AvgIpc) is 3.42. The summed E-state index contributed by atoms with van der Waals surface area (Å²) in [5, 5.41) is 10.2. The van der Waals surface area contributed by atoms with Crippen molar-refractivity contribution in [1.29, 1.82) is 0 Å². The molecule has 8 heteroatoms. The number of rotatable bonds is 5. The molecule has 1 aliphatic heterocycles. The number of hydrogen-bond acceptors (Lipinski definition) is 4. The molecule has 202 valence electrons. The van der Waals surface area contributed by atoms with Gasteiger partial charge in [0.05, 0.1) is 11.2 Å². The van der Waals surface area contributed by atoms with Gasteiger partial charge in [-0.3, -0.25) is 4.79 Å². The van der Waals surface area contributed by atoms with Crippen LogP contribution in [-0.4, -0.2) is 65.0 Å². The van der Waals surface area contributed by atoms with Crippen LogP contribution < -0.4 is 4.90 Å². The van der Waals surface area contributed by atoms with E-state index in [0.717, 1.165) is 75.5 Å². The SMILES string of the molecule is CN1CC2(CCC(N(c3cc(C4=CCCCC4)sc3C(=O)O)C(=O)[C@H]3CC[C@H](C)CC3)CC2)N(C)C1=O. The predicted octanol–water partition coefficient (Wildman–Crippen LogP) is 6.24. The van der Waals surface area contributed by atoms with Crippen LogP contribution in [0, 0.1) is 11.8 Å². The van der Waals surface area contributed by atoms with Crippen molar-refractivity contribution < 1.29 is 19.5 Å². The Kier molecular flexibility index (Phi) is 7.40. The number of urea groups is 1. The van der Waals surface area contributed by atoms with Gasteiger partial charge in [0.25, 0.3) is 0 Å². The molecule has 4 aliphatic rings. The summed E-state index contributed by atoms with van der Waals surface area (Å²) in [6.07, 6.45) is 13.6. The number of carboxylic acids is 1. The lowest BCUT2D eigenvalue weighted by molar-refractivity contribution is -0.124. The molecule has 0 radical (unpaired) electrons. The number of nitrogens with zero attached hydrogens (tertiary/aromatic N) is 3. The molecule has 0 atom stereocenters. The summed E-state index contributed by atoms with van der Waals surface area (Å²) in [7, 11) is 3.75. The Labute approximate surface area is 224 Å². The molecule has 1 saturated heterocycles. The number of aromatic carboxylic acids is 1. The van der Waals surface area contributed by atoms with Crippen molar-refractivity contribution in [3.8, 4) is 0 Å². The van der Waals surface area contributed by atoms with Gasteiger partial charge in [0.1, 0.15) is 4.88 Å². The van der Waals surface area contributed by atoms with E-state index >= 15 is 0 Å². The first-order valence-electron chi connectivity index (χ1n) is 14.1. The zero-order valence-corrected chi connectivity index (χ0v) is 23.3. The monoisotopic (exact) mass is 527 g/mol. The fourth-order valence-corrected chi connectivity index (χ4v) is 8.15. The topological polar surface area (TPSA) is 81.2 Å². The van der Waals surface area contributed by atoms with Crippen LogP contribution in [0.1, 0.15) is 98.5 Å². The highest BCUT2D eigenvalue weighted by molar-refractivity contribution is 7.15. The second-order valence-electron chi connectivity index (χ2n) is 11.9. The number of anilines is 1. The number of carbonyl (C=O) groups excluding carboxylic acids is 2. The molecule has 3 aliphatic carbocycles. The van der Waals surface area contributed by atoms with Crippen LogP contribution in [0.3, 0.4) is 0 Å². The van der Waals surface area contributed by atoms with Gasteiger partial charge < -0.3 is 19.8 Å². The molecule has 1 spiro atoms. The Morgan fingerprint density at radius 1 is 1.08 bits per heavy atom. The second-order valence-corrected chi connectivity index (χ2v) is 13.0. The minimum absolute atomic E-state index is 0.0483. The van der Waals surface area contributed by atoms with Crippen LogP contribution in [0.25, 0.3) is 5.57 Å². The molecule has 1 N–H and O–H groups in total. The van der Waals surface area contributed by atoms with Crippen molar-refractivity contribution >= 4 is 40.5 Å². The number of allylic oxidation sites excluding steroid dienone is 2. The van der Waals surface area contributed by atoms with Crippen molar-refractivity contribution in [2.75, 3.05) is 25.5 Å². The standard InChI is InChI=1S/C29H41N3O4S/c1-19-9-11-21(12-10-19)26(33)32(22-13-15-29(16-14-22)18-30(2)28(36)31(29)3)23-17-24(37-25(23)27(34)35)20-7-5-4-6-8-20/h7,17,19,21-22H,4-6,8-16,18H2,1-3H3,(H,34,35)/t19-,21-,22?,29?. The van der Waals surface area contributed by atoms with Crippen molar-refractivity contribution in [3.05, 3.63) is 21.9 Å². The molecule has 5 rings (SSSR count). The van der Waals surface area contributed by atoms with Gasteiger partial charge in [-0.1, -0.05) is 13.0 Å². The van der Waals surface area contributed by atoms with Crippen LogP contribution in [0.5, 0.6) is 0 Å². The third kappa shape index (κ3) is 4.93. The quantitative estimate of drug-likeness (QED) is 0.491. The van der Waals surface area contributed by atoms with E-state index in [1.807, 2.05) is 30.0 Å². The molecule has 3 fully saturated rings. The third-order valence-electron chi connectivity index (χ3n) is 9.48.